The van der Waals surface area contributed by atoms with Crippen molar-refractivity contribution in [2.75, 3.05) is 0 Å². The normalized spacial score (nSPS) is 46.5. The van der Waals surface area contributed by atoms with Crippen molar-refractivity contribution in [3.8, 4) is 0 Å². The van der Waals surface area contributed by atoms with Crippen LogP contribution in [0.3, 0.4) is 0 Å². The van der Waals surface area contributed by atoms with E-state index in [0.29, 0.717) is 0 Å². The summed E-state index contributed by atoms with van der Waals surface area (Å²) in [7, 11) is 0. The van der Waals surface area contributed by atoms with Crippen molar-refractivity contribution in [2.45, 2.75) is 57.4 Å². The molecular weight excluding hydrogens is 146 g/mol. The van der Waals surface area contributed by atoms with E-state index < -0.39 is 0 Å². The minimum atomic E-state index is 0.235. The van der Waals surface area contributed by atoms with Crippen molar-refractivity contribution in [2.24, 2.45) is 17.6 Å². The van der Waals surface area contributed by atoms with Crippen molar-refractivity contribution in [1.82, 2.24) is 0 Å². The highest BCUT2D eigenvalue weighted by molar-refractivity contribution is 4.97. The van der Waals surface area contributed by atoms with E-state index in [1.165, 1.54) is 44.9 Å². The summed E-state index contributed by atoms with van der Waals surface area (Å²) >= 11 is 0. The van der Waals surface area contributed by atoms with E-state index in [9.17, 15) is 0 Å². The van der Waals surface area contributed by atoms with Gasteiger partial charge in [-0.05, 0) is 37.5 Å². The predicted octanol–water partition coefficient (Wildman–Crippen LogP) is 2.69. The van der Waals surface area contributed by atoms with E-state index in [1.807, 2.05) is 0 Å². The highest BCUT2D eigenvalue weighted by Gasteiger charge is 2.40. The maximum atomic E-state index is 6.39. The average molecular weight is 167 g/mol. The predicted molar refractivity (Wildman–Crippen MR) is 51.9 cm³/mol. The molecule has 0 aromatic heterocycles. The number of hydrogen-bond donors (Lipinski definition) is 1. The van der Waals surface area contributed by atoms with E-state index in [-0.39, 0.29) is 5.54 Å². The van der Waals surface area contributed by atoms with Crippen LogP contribution >= 0.6 is 0 Å². The third-order valence-electron chi connectivity index (χ3n) is 3.79. The van der Waals surface area contributed by atoms with Crippen molar-refractivity contribution < 1.29 is 0 Å². The quantitative estimate of drug-likeness (QED) is 0.672. The van der Waals surface area contributed by atoms with Gasteiger partial charge in [0.1, 0.15) is 0 Å². The zero-order chi connectivity index (χ0) is 8.60. The SMILES string of the molecule is CCCC1(N)CC2CC[C@@H](C2)C1. The summed E-state index contributed by atoms with van der Waals surface area (Å²) in [5.41, 5.74) is 6.63. The van der Waals surface area contributed by atoms with Crippen LogP contribution in [0.25, 0.3) is 0 Å². The maximum Gasteiger partial charge on any atom is 0.0159 e. The second-order valence-corrected chi connectivity index (χ2v) is 5.07. The molecule has 1 nitrogen and oxygen atoms in total. The van der Waals surface area contributed by atoms with Crippen molar-refractivity contribution in [3.05, 3.63) is 0 Å². The van der Waals surface area contributed by atoms with E-state index in [4.69, 9.17) is 5.73 Å². The molecule has 70 valence electrons. The zero-order valence-corrected chi connectivity index (χ0v) is 8.18. The molecule has 1 heteroatoms. The van der Waals surface area contributed by atoms with Gasteiger partial charge in [0.15, 0.2) is 0 Å². The third-order valence-corrected chi connectivity index (χ3v) is 3.79. The molecule has 0 heterocycles. The zero-order valence-electron chi connectivity index (χ0n) is 8.18. The molecule has 2 fully saturated rings. The monoisotopic (exact) mass is 167 g/mol. The molecule has 0 radical (unpaired) electrons. The molecule has 0 spiro atoms. The summed E-state index contributed by atoms with van der Waals surface area (Å²) in [6, 6.07) is 0. The molecule has 2 rings (SSSR count). The summed E-state index contributed by atoms with van der Waals surface area (Å²) in [6.45, 7) is 2.26. The minimum absolute atomic E-state index is 0.235. The first-order valence-corrected chi connectivity index (χ1v) is 5.51. The lowest BCUT2D eigenvalue weighted by Gasteiger charge is -2.37. The topological polar surface area (TPSA) is 26.0 Å². The van der Waals surface area contributed by atoms with Gasteiger partial charge < -0.3 is 5.73 Å². The molecule has 0 aromatic rings. The van der Waals surface area contributed by atoms with Crippen molar-refractivity contribution >= 4 is 0 Å². The van der Waals surface area contributed by atoms with E-state index in [1.54, 1.807) is 0 Å². The van der Waals surface area contributed by atoms with Gasteiger partial charge in [-0.25, -0.2) is 0 Å². The highest BCUT2D eigenvalue weighted by atomic mass is 14.8. The summed E-state index contributed by atoms with van der Waals surface area (Å²) < 4.78 is 0. The van der Waals surface area contributed by atoms with Crippen LogP contribution in [0.15, 0.2) is 0 Å². The molecule has 2 saturated carbocycles. The van der Waals surface area contributed by atoms with Gasteiger partial charge in [0.25, 0.3) is 0 Å². The fourth-order valence-corrected chi connectivity index (χ4v) is 3.48. The van der Waals surface area contributed by atoms with Gasteiger partial charge >= 0.3 is 0 Å². The minimum Gasteiger partial charge on any atom is -0.325 e. The van der Waals surface area contributed by atoms with E-state index >= 15 is 0 Å². The summed E-state index contributed by atoms with van der Waals surface area (Å²) in [5, 5.41) is 0. The largest absolute Gasteiger partial charge is 0.325 e. The first-order valence-electron chi connectivity index (χ1n) is 5.51. The van der Waals surface area contributed by atoms with Crippen LogP contribution in [0.4, 0.5) is 0 Å². The molecule has 0 saturated heterocycles. The Morgan fingerprint density at radius 3 is 2.33 bits per heavy atom. The number of fused-ring (bicyclic) bond motifs is 2. The molecule has 2 N–H and O–H groups in total. The fraction of sp³-hybridized carbons (Fsp3) is 1.00. The summed E-state index contributed by atoms with van der Waals surface area (Å²) in [6.07, 6.45) is 9.56. The van der Waals surface area contributed by atoms with Crippen LogP contribution in [0.2, 0.25) is 0 Å². The Balaban J connectivity index is 2.00. The van der Waals surface area contributed by atoms with Gasteiger partial charge in [0.2, 0.25) is 0 Å². The molecule has 2 bridgehead atoms. The summed E-state index contributed by atoms with van der Waals surface area (Å²) in [5.74, 6) is 1.97. The molecular formula is C11H21N. The summed E-state index contributed by atoms with van der Waals surface area (Å²) in [4.78, 5) is 0. The molecule has 2 aliphatic carbocycles. The molecule has 0 aliphatic heterocycles. The number of rotatable bonds is 2. The Hall–Kier alpha value is -0.0400. The number of nitrogens with two attached hydrogens (primary N) is 1. The van der Waals surface area contributed by atoms with Gasteiger partial charge in [-0.3, -0.25) is 0 Å². The lowest BCUT2D eigenvalue weighted by Crippen LogP contribution is -2.44. The van der Waals surface area contributed by atoms with Crippen LogP contribution < -0.4 is 5.73 Å². The second-order valence-electron chi connectivity index (χ2n) is 5.07. The van der Waals surface area contributed by atoms with Crippen molar-refractivity contribution in [3.63, 3.8) is 0 Å². The standard InChI is InChI=1S/C11H21N/c1-2-5-11(12)7-9-3-4-10(6-9)8-11/h9-10H,2-8,12H2,1H3/t9-,10?,11?/m0/s1. The van der Waals surface area contributed by atoms with Crippen LogP contribution in [-0.4, -0.2) is 5.54 Å². The first kappa shape index (κ1) is 8.55. The van der Waals surface area contributed by atoms with Crippen LogP contribution in [0.5, 0.6) is 0 Å². The lowest BCUT2D eigenvalue weighted by atomic mass is 9.73. The second kappa shape index (κ2) is 3.02. The molecule has 12 heavy (non-hydrogen) atoms. The van der Waals surface area contributed by atoms with Crippen LogP contribution in [-0.2, 0) is 0 Å². The van der Waals surface area contributed by atoms with Gasteiger partial charge in [0.05, 0.1) is 0 Å². The first-order chi connectivity index (χ1) is 5.72. The smallest absolute Gasteiger partial charge is 0.0159 e. The highest BCUT2D eigenvalue weighted by Crippen LogP contribution is 2.46. The average Bonchev–Trinajstić information content (AvgIpc) is 2.31. The van der Waals surface area contributed by atoms with Crippen molar-refractivity contribution in [1.29, 1.82) is 0 Å². The van der Waals surface area contributed by atoms with Gasteiger partial charge in [0, 0.05) is 5.54 Å². The Morgan fingerprint density at radius 1 is 1.25 bits per heavy atom. The lowest BCUT2D eigenvalue weighted by molar-refractivity contribution is 0.204. The number of hydrogen-bond acceptors (Lipinski definition) is 1. The van der Waals surface area contributed by atoms with Gasteiger partial charge in [-0.1, -0.05) is 26.2 Å². The molecule has 0 aromatic carbocycles. The fourth-order valence-electron chi connectivity index (χ4n) is 3.48. The Bertz CT molecular complexity index is 152. The van der Waals surface area contributed by atoms with E-state index in [2.05, 4.69) is 6.92 Å². The molecule has 3 atom stereocenters. The van der Waals surface area contributed by atoms with Crippen LogP contribution in [0, 0.1) is 11.8 Å². The molecule has 2 aliphatic rings. The maximum absolute atomic E-state index is 6.39. The Morgan fingerprint density at radius 2 is 1.83 bits per heavy atom. The third kappa shape index (κ3) is 1.52. The molecule has 2 unspecified atom stereocenters. The van der Waals surface area contributed by atoms with Gasteiger partial charge in [-0.2, -0.15) is 0 Å². The van der Waals surface area contributed by atoms with E-state index in [0.717, 1.165) is 11.8 Å². The molecule has 0 amide bonds. The van der Waals surface area contributed by atoms with Gasteiger partial charge in [-0.15, -0.1) is 0 Å². The Labute approximate surface area is 75.7 Å². The van der Waals surface area contributed by atoms with Crippen LogP contribution in [0.1, 0.15) is 51.9 Å². The Kier molecular flexibility index (Phi) is 2.16.